The van der Waals surface area contributed by atoms with Crippen LogP contribution < -0.4 is 4.90 Å². The van der Waals surface area contributed by atoms with Crippen LogP contribution in [-0.4, -0.2) is 34.3 Å². The third kappa shape index (κ3) is 2.41. The highest BCUT2D eigenvalue weighted by molar-refractivity contribution is 5.39. The summed E-state index contributed by atoms with van der Waals surface area (Å²) in [5.74, 6) is 0.754. The summed E-state index contributed by atoms with van der Waals surface area (Å²) in [4.78, 5) is 9.96. The molecule has 1 aromatic heterocycles. The predicted octanol–water partition coefficient (Wildman–Crippen LogP) is 0.907. The SMILES string of the molecule is OC1CCN(c2cc(CF)ncn2)CC1. The molecule has 1 aliphatic rings. The molecule has 1 fully saturated rings. The summed E-state index contributed by atoms with van der Waals surface area (Å²) in [6.07, 6.45) is 2.67. The number of halogens is 1. The second-order valence-electron chi connectivity index (χ2n) is 3.72. The zero-order valence-corrected chi connectivity index (χ0v) is 8.43. The first-order valence-corrected chi connectivity index (χ1v) is 5.09. The molecule has 1 N–H and O–H groups in total. The first-order valence-electron chi connectivity index (χ1n) is 5.09. The number of aliphatic hydroxyl groups is 1. The van der Waals surface area contributed by atoms with Gasteiger partial charge in [0.1, 0.15) is 18.8 Å². The molecule has 5 heteroatoms. The summed E-state index contributed by atoms with van der Waals surface area (Å²) in [6, 6.07) is 1.66. The van der Waals surface area contributed by atoms with Crippen LogP contribution in [0.1, 0.15) is 18.5 Å². The molecule has 1 aliphatic heterocycles. The number of aromatic nitrogens is 2. The molecule has 0 spiro atoms. The van der Waals surface area contributed by atoms with E-state index in [1.165, 1.54) is 6.33 Å². The standard InChI is InChI=1S/C10H14FN3O/c11-6-8-5-10(13-7-12-8)14-3-1-9(15)2-4-14/h5,7,9,15H,1-4,6H2. The van der Waals surface area contributed by atoms with Gasteiger partial charge in [0.05, 0.1) is 11.8 Å². The van der Waals surface area contributed by atoms with Crippen molar-refractivity contribution in [3.63, 3.8) is 0 Å². The molecule has 0 saturated carbocycles. The average Bonchev–Trinajstić information content (AvgIpc) is 2.30. The summed E-state index contributed by atoms with van der Waals surface area (Å²) < 4.78 is 12.4. The van der Waals surface area contributed by atoms with E-state index < -0.39 is 6.67 Å². The lowest BCUT2D eigenvalue weighted by Crippen LogP contribution is -2.36. The Balaban J connectivity index is 2.08. The van der Waals surface area contributed by atoms with E-state index in [4.69, 9.17) is 0 Å². The Hall–Kier alpha value is -1.23. The molecule has 15 heavy (non-hydrogen) atoms. The second-order valence-corrected chi connectivity index (χ2v) is 3.72. The van der Waals surface area contributed by atoms with Crippen molar-refractivity contribution in [1.29, 1.82) is 0 Å². The smallest absolute Gasteiger partial charge is 0.132 e. The van der Waals surface area contributed by atoms with E-state index in [0.717, 1.165) is 31.7 Å². The van der Waals surface area contributed by atoms with E-state index >= 15 is 0 Å². The lowest BCUT2D eigenvalue weighted by atomic mass is 10.1. The van der Waals surface area contributed by atoms with Crippen molar-refractivity contribution in [3.05, 3.63) is 18.1 Å². The first-order chi connectivity index (χ1) is 7.29. The fourth-order valence-electron chi connectivity index (χ4n) is 1.73. The van der Waals surface area contributed by atoms with Crippen molar-refractivity contribution in [2.75, 3.05) is 18.0 Å². The molecule has 1 saturated heterocycles. The summed E-state index contributed by atoms with van der Waals surface area (Å²) in [7, 11) is 0. The Morgan fingerprint density at radius 1 is 1.40 bits per heavy atom. The van der Waals surface area contributed by atoms with Crippen LogP contribution >= 0.6 is 0 Å². The van der Waals surface area contributed by atoms with E-state index in [1.54, 1.807) is 6.07 Å². The highest BCUT2D eigenvalue weighted by Gasteiger charge is 2.18. The summed E-state index contributed by atoms with van der Waals surface area (Å²) in [5, 5.41) is 9.36. The van der Waals surface area contributed by atoms with Crippen molar-refractivity contribution in [2.24, 2.45) is 0 Å². The third-order valence-corrected chi connectivity index (χ3v) is 2.63. The van der Waals surface area contributed by atoms with Crippen molar-refractivity contribution < 1.29 is 9.50 Å². The molecule has 0 amide bonds. The van der Waals surface area contributed by atoms with Crippen LogP contribution in [0.15, 0.2) is 12.4 Å². The Bertz CT molecular complexity index is 326. The van der Waals surface area contributed by atoms with Gasteiger partial charge in [-0.05, 0) is 12.8 Å². The van der Waals surface area contributed by atoms with E-state index in [9.17, 15) is 9.50 Å². The quantitative estimate of drug-likeness (QED) is 0.789. The largest absolute Gasteiger partial charge is 0.393 e. The fraction of sp³-hybridized carbons (Fsp3) is 0.600. The Kier molecular flexibility index (Phi) is 3.11. The second kappa shape index (κ2) is 4.53. The van der Waals surface area contributed by atoms with Gasteiger partial charge in [0.25, 0.3) is 0 Å². The monoisotopic (exact) mass is 211 g/mol. The van der Waals surface area contributed by atoms with E-state index in [0.29, 0.717) is 5.69 Å². The molecule has 82 valence electrons. The zero-order chi connectivity index (χ0) is 10.7. The summed E-state index contributed by atoms with van der Waals surface area (Å²) in [6.45, 7) is 0.972. The van der Waals surface area contributed by atoms with Crippen LogP contribution in [0, 0.1) is 0 Å². The molecule has 0 atom stereocenters. The van der Waals surface area contributed by atoms with Crippen molar-refractivity contribution in [2.45, 2.75) is 25.6 Å². The van der Waals surface area contributed by atoms with Crippen molar-refractivity contribution in [1.82, 2.24) is 9.97 Å². The number of hydrogen-bond donors (Lipinski definition) is 1. The van der Waals surface area contributed by atoms with Gasteiger partial charge in [0.2, 0.25) is 0 Å². The number of hydrogen-bond acceptors (Lipinski definition) is 4. The van der Waals surface area contributed by atoms with Crippen LogP contribution in [0.5, 0.6) is 0 Å². The van der Waals surface area contributed by atoms with Gasteiger partial charge in [-0.25, -0.2) is 14.4 Å². The highest BCUT2D eigenvalue weighted by atomic mass is 19.1. The maximum atomic E-state index is 12.4. The van der Waals surface area contributed by atoms with Crippen LogP contribution in [0.3, 0.4) is 0 Å². The van der Waals surface area contributed by atoms with Crippen molar-refractivity contribution in [3.8, 4) is 0 Å². The summed E-state index contributed by atoms with van der Waals surface area (Å²) >= 11 is 0. The van der Waals surface area contributed by atoms with Crippen LogP contribution in [0.4, 0.5) is 10.2 Å². The minimum absolute atomic E-state index is 0.205. The van der Waals surface area contributed by atoms with E-state index in [2.05, 4.69) is 9.97 Å². The zero-order valence-electron chi connectivity index (χ0n) is 8.43. The number of alkyl halides is 1. The van der Waals surface area contributed by atoms with Gasteiger partial charge in [-0.15, -0.1) is 0 Å². The maximum absolute atomic E-state index is 12.4. The lowest BCUT2D eigenvalue weighted by molar-refractivity contribution is 0.145. The minimum Gasteiger partial charge on any atom is -0.393 e. The molecule has 0 aliphatic carbocycles. The Labute approximate surface area is 87.8 Å². The van der Waals surface area contributed by atoms with Crippen LogP contribution in [-0.2, 0) is 6.67 Å². The molecular formula is C10H14FN3O. The molecule has 0 radical (unpaired) electrons. The molecule has 2 rings (SSSR count). The third-order valence-electron chi connectivity index (χ3n) is 2.63. The van der Waals surface area contributed by atoms with Gasteiger partial charge in [-0.1, -0.05) is 0 Å². The number of piperidine rings is 1. The molecule has 0 unspecified atom stereocenters. The number of rotatable bonds is 2. The van der Waals surface area contributed by atoms with Gasteiger partial charge in [-0.2, -0.15) is 0 Å². The Morgan fingerprint density at radius 2 is 2.13 bits per heavy atom. The molecule has 0 aromatic carbocycles. The van der Waals surface area contributed by atoms with E-state index in [-0.39, 0.29) is 6.10 Å². The van der Waals surface area contributed by atoms with E-state index in [1.807, 2.05) is 4.90 Å². The minimum atomic E-state index is -0.564. The normalized spacial score (nSPS) is 18.1. The molecule has 1 aromatic rings. The number of aliphatic hydroxyl groups excluding tert-OH is 1. The highest BCUT2D eigenvalue weighted by Crippen LogP contribution is 2.17. The molecule has 4 nitrogen and oxygen atoms in total. The van der Waals surface area contributed by atoms with Crippen molar-refractivity contribution >= 4 is 5.82 Å². The van der Waals surface area contributed by atoms with Crippen LogP contribution in [0.25, 0.3) is 0 Å². The van der Waals surface area contributed by atoms with Gasteiger partial charge in [-0.3, -0.25) is 0 Å². The predicted molar refractivity (Wildman–Crippen MR) is 54.3 cm³/mol. The molecule has 2 heterocycles. The van der Waals surface area contributed by atoms with Gasteiger partial charge in [0.15, 0.2) is 0 Å². The summed E-state index contributed by atoms with van der Waals surface area (Å²) in [5.41, 5.74) is 0.408. The van der Waals surface area contributed by atoms with Gasteiger partial charge >= 0.3 is 0 Å². The average molecular weight is 211 g/mol. The Morgan fingerprint density at radius 3 is 2.80 bits per heavy atom. The lowest BCUT2D eigenvalue weighted by Gasteiger charge is -2.30. The molecule has 0 bridgehead atoms. The number of nitrogens with zero attached hydrogens (tertiary/aromatic N) is 3. The topological polar surface area (TPSA) is 49.2 Å². The number of anilines is 1. The first kappa shape index (κ1) is 10.3. The maximum Gasteiger partial charge on any atom is 0.132 e. The van der Waals surface area contributed by atoms with Crippen LogP contribution in [0.2, 0.25) is 0 Å². The van der Waals surface area contributed by atoms with Gasteiger partial charge in [0, 0.05) is 19.2 Å². The van der Waals surface area contributed by atoms with Gasteiger partial charge < -0.3 is 10.0 Å². The fourth-order valence-corrected chi connectivity index (χ4v) is 1.73. The molecular weight excluding hydrogens is 197 g/mol.